The van der Waals surface area contributed by atoms with Crippen LogP contribution in [0.5, 0.6) is 0 Å². The summed E-state index contributed by atoms with van der Waals surface area (Å²) in [7, 11) is 0. The number of carbonyl (C=O) groups is 3. The van der Waals surface area contributed by atoms with Crippen molar-refractivity contribution in [3.05, 3.63) is 52.8 Å². The molecular formula is C21H16F4N4O3S. The maximum atomic E-state index is 13.5. The van der Waals surface area contributed by atoms with Gasteiger partial charge in [-0.3, -0.25) is 19.3 Å². The first-order chi connectivity index (χ1) is 15.6. The summed E-state index contributed by atoms with van der Waals surface area (Å²) < 4.78 is 51.7. The van der Waals surface area contributed by atoms with E-state index in [1.54, 1.807) is 0 Å². The van der Waals surface area contributed by atoms with Gasteiger partial charge in [-0.1, -0.05) is 35.6 Å². The van der Waals surface area contributed by atoms with Crippen LogP contribution in [0.15, 0.2) is 36.4 Å². The predicted molar refractivity (Wildman–Crippen MR) is 107 cm³/mol. The lowest BCUT2D eigenvalue weighted by atomic mass is 9.85. The molecule has 2 heterocycles. The molecule has 33 heavy (non-hydrogen) atoms. The molecule has 5 atom stereocenters. The van der Waals surface area contributed by atoms with E-state index in [0.717, 1.165) is 23.5 Å². The Morgan fingerprint density at radius 3 is 2.24 bits per heavy atom. The lowest BCUT2D eigenvalue weighted by Gasteiger charge is -2.28. The molecule has 2 aliphatic carbocycles. The minimum atomic E-state index is -4.70. The third-order valence-corrected chi connectivity index (χ3v) is 7.25. The normalized spacial score (nSPS) is 26.7. The number of alkyl halides is 3. The Morgan fingerprint density at radius 1 is 1.09 bits per heavy atom. The Hall–Kier alpha value is -3.15. The number of halogens is 4. The van der Waals surface area contributed by atoms with Crippen molar-refractivity contribution in [2.75, 3.05) is 5.32 Å². The van der Waals surface area contributed by atoms with E-state index in [1.165, 1.54) is 12.1 Å². The number of fused-ring (bicyclic) bond motifs is 5. The molecule has 7 nitrogen and oxygen atoms in total. The van der Waals surface area contributed by atoms with Gasteiger partial charge in [-0.25, -0.2) is 4.39 Å². The second-order valence-electron chi connectivity index (χ2n) is 8.28. The predicted octanol–water partition coefficient (Wildman–Crippen LogP) is 3.57. The molecule has 2 fully saturated rings. The Kier molecular flexibility index (Phi) is 5.07. The van der Waals surface area contributed by atoms with Crippen LogP contribution in [0.1, 0.15) is 29.5 Å². The third-order valence-electron chi connectivity index (χ3n) is 6.36. The van der Waals surface area contributed by atoms with Crippen LogP contribution in [0.2, 0.25) is 0 Å². The quantitative estimate of drug-likeness (QED) is 0.401. The van der Waals surface area contributed by atoms with Gasteiger partial charge in [0.2, 0.25) is 27.9 Å². The van der Waals surface area contributed by atoms with Crippen molar-refractivity contribution in [2.45, 2.75) is 25.1 Å². The van der Waals surface area contributed by atoms with Crippen molar-refractivity contribution in [2.24, 2.45) is 23.7 Å². The summed E-state index contributed by atoms with van der Waals surface area (Å²) >= 11 is 0.164. The standard InChI is InChI=1S/C21H16F4N4O3S/c22-12-5-3-9(4-6-12)13(8-14(30)26-20-28-27-19(33-20)21(23,24)25)29-17(31)15-10-1-2-11(7-10)16(15)18(29)32/h1-6,10-11,13,15-16H,7-8H2,(H,26,28,30). The highest BCUT2D eigenvalue weighted by molar-refractivity contribution is 7.15. The number of hydrogen-bond acceptors (Lipinski definition) is 6. The Bertz CT molecular complexity index is 1130. The summed E-state index contributed by atoms with van der Waals surface area (Å²) in [5, 5.41) is 7.02. The topological polar surface area (TPSA) is 92.3 Å². The van der Waals surface area contributed by atoms with Crippen molar-refractivity contribution in [1.29, 1.82) is 0 Å². The van der Waals surface area contributed by atoms with Gasteiger partial charge in [-0.15, -0.1) is 10.2 Å². The van der Waals surface area contributed by atoms with Crippen LogP contribution in [0.25, 0.3) is 0 Å². The number of aromatic nitrogens is 2. The van der Waals surface area contributed by atoms with Gasteiger partial charge in [-0.2, -0.15) is 13.2 Å². The van der Waals surface area contributed by atoms with E-state index in [2.05, 4.69) is 15.5 Å². The number of benzene rings is 1. The van der Waals surface area contributed by atoms with E-state index in [0.29, 0.717) is 5.56 Å². The van der Waals surface area contributed by atoms with E-state index in [9.17, 15) is 31.9 Å². The van der Waals surface area contributed by atoms with Crippen molar-refractivity contribution in [1.82, 2.24) is 15.1 Å². The molecule has 12 heteroatoms. The number of nitrogens with one attached hydrogen (secondary N) is 1. The average Bonchev–Trinajstić information content (AvgIpc) is 3.52. The van der Waals surface area contributed by atoms with Gasteiger partial charge < -0.3 is 5.32 Å². The highest BCUT2D eigenvalue weighted by Gasteiger charge is 2.60. The molecule has 3 aliphatic rings. The minimum Gasteiger partial charge on any atom is -0.300 e. The first-order valence-corrected chi connectivity index (χ1v) is 11.0. The maximum absolute atomic E-state index is 13.5. The van der Waals surface area contributed by atoms with Crippen LogP contribution < -0.4 is 5.32 Å². The largest absolute Gasteiger partial charge is 0.445 e. The molecule has 1 saturated carbocycles. The molecule has 1 aliphatic heterocycles. The van der Waals surface area contributed by atoms with Crippen molar-refractivity contribution < 1.29 is 31.9 Å². The lowest BCUT2D eigenvalue weighted by Crippen LogP contribution is -2.38. The van der Waals surface area contributed by atoms with E-state index in [4.69, 9.17) is 0 Å². The maximum Gasteiger partial charge on any atom is 0.445 e. The number of allylic oxidation sites excluding steroid dienone is 2. The van der Waals surface area contributed by atoms with Gasteiger partial charge in [0.25, 0.3) is 0 Å². The Labute approximate surface area is 188 Å². The number of anilines is 1. The SMILES string of the molecule is O=C(CC(c1ccc(F)cc1)N1C(=O)C2C3C=CC(C3)C2C1=O)Nc1nnc(C(F)(F)F)s1. The van der Waals surface area contributed by atoms with Gasteiger partial charge in [0, 0.05) is 0 Å². The lowest BCUT2D eigenvalue weighted by molar-refractivity contribution is -0.144. The number of likely N-dealkylation sites (tertiary alicyclic amines) is 1. The van der Waals surface area contributed by atoms with Crippen LogP contribution in [0.4, 0.5) is 22.7 Å². The minimum absolute atomic E-state index is 0.0358. The Morgan fingerprint density at radius 2 is 1.70 bits per heavy atom. The van der Waals surface area contributed by atoms with Crippen LogP contribution >= 0.6 is 11.3 Å². The van der Waals surface area contributed by atoms with Crippen molar-refractivity contribution in [3.63, 3.8) is 0 Å². The van der Waals surface area contributed by atoms with Crippen LogP contribution in [-0.4, -0.2) is 32.8 Å². The number of rotatable bonds is 5. The van der Waals surface area contributed by atoms with Gasteiger partial charge in [0.15, 0.2) is 0 Å². The summed E-state index contributed by atoms with van der Waals surface area (Å²) in [4.78, 5) is 40.2. The van der Waals surface area contributed by atoms with Gasteiger partial charge in [0.1, 0.15) is 5.82 Å². The highest BCUT2D eigenvalue weighted by atomic mass is 32.1. The molecule has 0 spiro atoms. The van der Waals surface area contributed by atoms with Crippen LogP contribution in [0, 0.1) is 29.5 Å². The zero-order chi connectivity index (χ0) is 23.5. The zero-order valence-electron chi connectivity index (χ0n) is 16.8. The molecule has 2 aromatic rings. The summed E-state index contributed by atoms with van der Waals surface area (Å²) in [6, 6.07) is 4.02. The monoisotopic (exact) mass is 480 g/mol. The fourth-order valence-corrected chi connectivity index (χ4v) is 5.64. The molecule has 3 amide bonds. The average molecular weight is 480 g/mol. The first kappa shape index (κ1) is 21.7. The molecule has 1 aromatic heterocycles. The van der Waals surface area contributed by atoms with E-state index >= 15 is 0 Å². The smallest absolute Gasteiger partial charge is 0.300 e. The van der Waals surface area contributed by atoms with E-state index in [1.807, 2.05) is 12.2 Å². The third kappa shape index (κ3) is 3.71. The van der Waals surface area contributed by atoms with Crippen molar-refractivity contribution in [3.8, 4) is 0 Å². The van der Waals surface area contributed by atoms with Gasteiger partial charge >= 0.3 is 6.18 Å². The number of hydrogen-bond donors (Lipinski definition) is 1. The molecule has 1 aromatic carbocycles. The molecule has 2 bridgehead atoms. The van der Waals surface area contributed by atoms with Crippen LogP contribution in [0.3, 0.4) is 0 Å². The number of nitrogens with zero attached hydrogens (tertiary/aromatic N) is 3. The molecule has 5 rings (SSSR count). The molecule has 0 radical (unpaired) electrons. The molecular weight excluding hydrogens is 464 g/mol. The first-order valence-electron chi connectivity index (χ1n) is 10.1. The van der Waals surface area contributed by atoms with Gasteiger partial charge in [-0.05, 0) is 36.0 Å². The number of imide groups is 1. The fraction of sp³-hybridized carbons (Fsp3) is 0.381. The summed E-state index contributed by atoms with van der Waals surface area (Å²) in [6.07, 6.45) is -0.508. The summed E-state index contributed by atoms with van der Waals surface area (Å²) in [5.74, 6) is -3.12. The molecule has 1 N–H and O–H groups in total. The molecule has 5 unspecified atom stereocenters. The van der Waals surface area contributed by atoms with E-state index < -0.39 is 47.2 Å². The van der Waals surface area contributed by atoms with Crippen LogP contribution in [-0.2, 0) is 20.6 Å². The summed E-state index contributed by atoms with van der Waals surface area (Å²) in [6.45, 7) is 0. The molecule has 172 valence electrons. The Balaban J connectivity index is 1.41. The fourth-order valence-electron chi connectivity index (χ4n) is 5.01. The summed E-state index contributed by atoms with van der Waals surface area (Å²) in [5.41, 5.74) is 0.363. The second-order valence-corrected chi connectivity index (χ2v) is 9.25. The molecule has 1 saturated heterocycles. The zero-order valence-corrected chi connectivity index (χ0v) is 17.6. The van der Waals surface area contributed by atoms with Gasteiger partial charge in [0.05, 0.1) is 24.3 Å². The second kappa shape index (κ2) is 7.72. The number of carbonyl (C=O) groups excluding carboxylic acids is 3. The highest BCUT2D eigenvalue weighted by Crippen LogP contribution is 2.54. The number of amides is 3. The van der Waals surface area contributed by atoms with E-state index in [-0.39, 0.29) is 40.1 Å². The van der Waals surface area contributed by atoms with Crippen molar-refractivity contribution >= 4 is 34.2 Å².